The molecule has 1 amide bonds. The molecule has 3 N–H and O–H groups in total. The van der Waals surface area contributed by atoms with Crippen molar-refractivity contribution in [1.82, 2.24) is 15.1 Å². The maximum atomic E-state index is 10.9. The number of nitrogens with one attached hydrogen (secondary N) is 1. The number of rotatable bonds is 8. The van der Waals surface area contributed by atoms with Crippen LogP contribution in [-0.4, -0.2) is 76.9 Å². The van der Waals surface area contributed by atoms with Gasteiger partial charge in [-0.05, 0) is 109 Å². The first kappa shape index (κ1) is 35.7. The van der Waals surface area contributed by atoms with Gasteiger partial charge in [-0.2, -0.15) is 0 Å². The van der Waals surface area contributed by atoms with Crippen LogP contribution < -0.4 is 11.1 Å². The third kappa shape index (κ3) is 18.6. The molecule has 0 aliphatic carbocycles. The summed E-state index contributed by atoms with van der Waals surface area (Å²) in [6.45, 7) is 9.10. The van der Waals surface area contributed by atoms with Crippen LogP contribution in [0.1, 0.15) is 42.1 Å². The highest BCUT2D eigenvalue weighted by Crippen LogP contribution is 2.18. The molecule has 6 nitrogen and oxygen atoms in total. The minimum atomic E-state index is -0.394. The van der Waals surface area contributed by atoms with E-state index in [4.69, 9.17) is 10.5 Å². The molecule has 4 rings (SSSR count). The molecule has 1 aliphatic rings. The maximum Gasteiger partial charge on any atom is 0.248 e. The zero-order valence-electron chi connectivity index (χ0n) is 24.7. The fraction of sp³-hybridized carbons (Fsp3) is 0.394. The number of primary amides is 1. The van der Waals surface area contributed by atoms with Crippen molar-refractivity contribution in [1.29, 1.82) is 0 Å². The predicted octanol–water partition coefficient (Wildman–Crippen LogP) is 5.39. The van der Waals surface area contributed by atoms with Gasteiger partial charge in [-0.1, -0.05) is 79.7 Å². The van der Waals surface area contributed by atoms with E-state index in [1.54, 1.807) is 12.1 Å². The Hall–Kier alpha value is -3.32. The van der Waals surface area contributed by atoms with Gasteiger partial charge in [0.2, 0.25) is 5.91 Å². The molecule has 0 radical (unpaired) electrons. The Bertz CT molecular complexity index is 958. The van der Waals surface area contributed by atoms with Gasteiger partial charge in [-0.15, -0.1) is 0 Å². The number of benzene rings is 3. The van der Waals surface area contributed by atoms with Gasteiger partial charge in [0.05, 0.1) is 0 Å². The monoisotopic (exact) mass is 534 g/mol. The topological polar surface area (TPSA) is 78.7 Å². The molecule has 0 spiro atoms. The summed E-state index contributed by atoms with van der Waals surface area (Å²) in [7, 11) is 8.34. The van der Waals surface area contributed by atoms with E-state index in [-0.39, 0.29) is 0 Å². The van der Waals surface area contributed by atoms with Crippen LogP contribution in [-0.2, 0) is 11.2 Å². The van der Waals surface area contributed by atoms with Gasteiger partial charge in [-0.25, -0.2) is 0 Å². The van der Waals surface area contributed by atoms with Gasteiger partial charge in [0, 0.05) is 5.56 Å². The largest absolute Gasteiger partial charge is 0.366 e. The second-order valence-corrected chi connectivity index (χ2v) is 9.46. The lowest BCUT2D eigenvalue weighted by molar-refractivity contribution is -0.0980. The van der Waals surface area contributed by atoms with Gasteiger partial charge in [-0.3, -0.25) is 4.79 Å². The minimum absolute atomic E-state index is 0.394. The molecular weight excluding hydrogens is 484 g/mol. The van der Waals surface area contributed by atoms with Crippen molar-refractivity contribution in [3.05, 3.63) is 96.1 Å². The summed E-state index contributed by atoms with van der Waals surface area (Å²) >= 11 is 0. The Kier molecular flexibility index (Phi) is 21.7. The number of nitrogens with zero attached hydrogens (tertiary/aromatic N) is 2. The number of nitrogens with two attached hydrogens (primary N) is 1. The van der Waals surface area contributed by atoms with Crippen molar-refractivity contribution >= 4 is 12.7 Å². The van der Waals surface area contributed by atoms with E-state index in [0.29, 0.717) is 5.56 Å². The first-order valence-corrected chi connectivity index (χ1v) is 13.6. The lowest BCUT2D eigenvalue weighted by Crippen LogP contribution is -2.32. The first-order valence-electron chi connectivity index (χ1n) is 13.6. The highest BCUT2D eigenvalue weighted by atomic mass is 16.1. The van der Waals surface area contributed by atoms with Crippen LogP contribution in [0.3, 0.4) is 0 Å². The van der Waals surface area contributed by atoms with Crippen LogP contribution in [0.5, 0.6) is 0 Å². The zero-order valence-corrected chi connectivity index (χ0v) is 24.7. The summed E-state index contributed by atoms with van der Waals surface area (Å²) in [4.78, 5) is 23.4. The van der Waals surface area contributed by atoms with E-state index in [9.17, 15) is 4.79 Å². The Balaban J connectivity index is 0.000000533. The van der Waals surface area contributed by atoms with Gasteiger partial charge in [0.25, 0.3) is 0 Å². The van der Waals surface area contributed by atoms with E-state index >= 15 is 0 Å². The standard InChI is InChI=1S/C13H11NO.C11H17N.C4H9N.C4H11N.CH2O/c14-13(15)12-8-6-11(7-9-12)10-4-2-1-3-5-10;1-12(2)10-6-9-11-7-4-3-5-8-11;1-5-3-2-4-5;1-3-4-5-2;1-2/h1-9H,(H2,14,15);3-5,7-8H,6,9-10H2,1-2H3;2-4H2,1H3;5H,3-4H2,1-2H3;1H2. The highest BCUT2D eigenvalue weighted by molar-refractivity contribution is 5.93. The summed E-state index contributed by atoms with van der Waals surface area (Å²) in [6, 6.07) is 27.9. The molecule has 0 aromatic heterocycles. The zero-order chi connectivity index (χ0) is 29.3. The molecule has 1 heterocycles. The summed E-state index contributed by atoms with van der Waals surface area (Å²) < 4.78 is 0. The fourth-order valence-electron chi connectivity index (χ4n) is 3.43. The minimum Gasteiger partial charge on any atom is -0.366 e. The van der Waals surface area contributed by atoms with Crippen molar-refractivity contribution in [2.24, 2.45) is 5.73 Å². The Labute approximate surface area is 237 Å². The van der Waals surface area contributed by atoms with Gasteiger partial charge in [0.15, 0.2) is 0 Å². The molecule has 0 saturated carbocycles. The summed E-state index contributed by atoms with van der Waals surface area (Å²) in [6.07, 6.45) is 5.09. The smallest absolute Gasteiger partial charge is 0.248 e. The molecule has 3 aromatic carbocycles. The van der Waals surface area contributed by atoms with Crippen molar-refractivity contribution in [3.63, 3.8) is 0 Å². The summed E-state index contributed by atoms with van der Waals surface area (Å²) in [5.74, 6) is -0.394. The van der Waals surface area contributed by atoms with Crippen molar-refractivity contribution in [3.8, 4) is 11.1 Å². The van der Waals surface area contributed by atoms with E-state index in [1.165, 1.54) is 50.9 Å². The average Bonchev–Trinajstić information content (AvgIpc) is 2.95. The van der Waals surface area contributed by atoms with Gasteiger partial charge >= 0.3 is 0 Å². The third-order valence-electron chi connectivity index (χ3n) is 5.77. The normalized spacial score (nSPS) is 11.5. The maximum absolute atomic E-state index is 10.9. The van der Waals surface area contributed by atoms with E-state index in [0.717, 1.165) is 17.7 Å². The Morgan fingerprint density at radius 3 is 1.74 bits per heavy atom. The van der Waals surface area contributed by atoms with E-state index < -0.39 is 5.91 Å². The molecule has 1 aliphatic heterocycles. The number of hydrogen-bond donors (Lipinski definition) is 2. The quantitative estimate of drug-likeness (QED) is 0.405. The first-order chi connectivity index (χ1) is 18.9. The number of carbonyl (C=O) groups is 2. The number of carbonyl (C=O) groups excluding carboxylic acids is 2. The Morgan fingerprint density at radius 2 is 1.38 bits per heavy atom. The number of hydrogen-bond acceptors (Lipinski definition) is 5. The van der Waals surface area contributed by atoms with Crippen molar-refractivity contribution in [2.45, 2.75) is 32.6 Å². The highest BCUT2D eigenvalue weighted by Gasteiger charge is 2.04. The van der Waals surface area contributed by atoms with E-state index in [1.807, 2.05) is 56.3 Å². The molecular formula is C33H50N4O2. The molecule has 0 atom stereocenters. The van der Waals surface area contributed by atoms with Crippen molar-refractivity contribution in [2.75, 3.05) is 54.4 Å². The second kappa shape index (κ2) is 23.8. The van der Waals surface area contributed by atoms with Crippen LogP contribution in [0, 0.1) is 0 Å². The number of likely N-dealkylation sites (tertiary alicyclic amines) is 1. The molecule has 1 fully saturated rings. The third-order valence-corrected chi connectivity index (χ3v) is 5.77. The van der Waals surface area contributed by atoms with Crippen LogP contribution in [0.4, 0.5) is 0 Å². The molecule has 39 heavy (non-hydrogen) atoms. The summed E-state index contributed by atoms with van der Waals surface area (Å²) in [5.41, 5.74) is 9.36. The van der Waals surface area contributed by atoms with E-state index in [2.05, 4.69) is 73.5 Å². The average molecular weight is 535 g/mol. The molecule has 1 saturated heterocycles. The van der Waals surface area contributed by atoms with Gasteiger partial charge < -0.3 is 25.6 Å². The summed E-state index contributed by atoms with van der Waals surface area (Å²) in [5, 5.41) is 3.02. The molecule has 0 unspecified atom stereocenters. The van der Waals surface area contributed by atoms with Crippen LogP contribution in [0.25, 0.3) is 11.1 Å². The van der Waals surface area contributed by atoms with Crippen LogP contribution in [0.2, 0.25) is 0 Å². The van der Waals surface area contributed by atoms with Crippen molar-refractivity contribution < 1.29 is 9.59 Å². The molecule has 6 heteroatoms. The number of amides is 1. The fourth-order valence-corrected chi connectivity index (χ4v) is 3.43. The SMILES string of the molecule is C=O.CCCNC.CN(C)CCCc1ccccc1.CN1CCC1.NC(=O)c1ccc(-c2ccccc2)cc1. The van der Waals surface area contributed by atoms with Crippen LogP contribution in [0.15, 0.2) is 84.9 Å². The Morgan fingerprint density at radius 1 is 0.897 bits per heavy atom. The lowest BCUT2D eigenvalue weighted by Gasteiger charge is -2.24. The van der Waals surface area contributed by atoms with Crippen LogP contribution >= 0.6 is 0 Å². The molecule has 0 bridgehead atoms. The number of aryl methyl sites for hydroxylation is 1. The lowest BCUT2D eigenvalue weighted by atomic mass is 10.0. The molecule has 214 valence electrons. The second-order valence-electron chi connectivity index (χ2n) is 9.46. The predicted molar refractivity (Wildman–Crippen MR) is 167 cm³/mol. The molecule has 3 aromatic rings. The van der Waals surface area contributed by atoms with Gasteiger partial charge in [0.1, 0.15) is 6.79 Å².